The van der Waals surface area contributed by atoms with Gasteiger partial charge in [0.25, 0.3) is 0 Å². The van der Waals surface area contributed by atoms with Crippen molar-refractivity contribution in [2.24, 2.45) is 0 Å². The minimum absolute atomic E-state index is 0.0270. The second-order valence-corrected chi connectivity index (χ2v) is 7.57. The van der Waals surface area contributed by atoms with Gasteiger partial charge < -0.3 is 24.1 Å². The van der Waals surface area contributed by atoms with Crippen LogP contribution in [0.15, 0.2) is 65.9 Å². The van der Waals surface area contributed by atoms with Crippen LogP contribution in [0.1, 0.15) is 22.3 Å². The van der Waals surface area contributed by atoms with Crippen molar-refractivity contribution in [3.8, 4) is 5.75 Å². The number of nitrogens with zero attached hydrogens (tertiary/aromatic N) is 2. The number of rotatable bonds is 6. The first-order valence-electron chi connectivity index (χ1n) is 10.3. The summed E-state index contributed by atoms with van der Waals surface area (Å²) in [5.41, 5.74) is 4.30. The van der Waals surface area contributed by atoms with Gasteiger partial charge in [-0.3, -0.25) is 4.79 Å². The van der Waals surface area contributed by atoms with Crippen LogP contribution < -0.4 is 14.5 Å². The minimum Gasteiger partial charge on any atom is -0.497 e. The van der Waals surface area contributed by atoms with Crippen molar-refractivity contribution in [1.29, 1.82) is 0 Å². The summed E-state index contributed by atoms with van der Waals surface area (Å²) < 4.78 is 10.2. The molecule has 0 unspecified atom stereocenters. The number of hydrogen-bond acceptors (Lipinski definition) is 7. The zero-order valence-corrected chi connectivity index (χ0v) is 18.0. The number of ketones is 1. The van der Waals surface area contributed by atoms with Gasteiger partial charge in [-0.25, -0.2) is 4.79 Å². The number of Topliss-reactive ketones (excluding diaryl/α,β-unsaturated/α-hetero) is 1. The van der Waals surface area contributed by atoms with Crippen LogP contribution in [0, 0.1) is 0 Å². The van der Waals surface area contributed by atoms with Crippen molar-refractivity contribution in [2.75, 3.05) is 37.1 Å². The molecule has 164 valence electrons. The number of esters is 1. The number of benzene rings is 2. The number of carbonyl (C=O) groups excluding carboxylic acids is 3. The van der Waals surface area contributed by atoms with E-state index in [2.05, 4.69) is 4.90 Å². The fourth-order valence-corrected chi connectivity index (χ4v) is 4.09. The second kappa shape index (κ2) is 9.09. The number of anilines is 2. The number of aldehydes is 1. The second-order valence-electron chi connectivity index (χ2n) is 7.57. The zero-order chi connectivity index (χ0) is 22.7. The molecule has 0 aromatic heterocycles. The Morgan fingerprint density at radius 3 is 2.56 bits per heavy atom. The largest absolute Gasteiger partial charge is 0.497 e. The third-order valence-electron chi connectivity index (χ3n) is 5.68. The Labute approximate surface area is 186 Å². The summed E-state index contributed by atoms with van der Waals surface area (Å²) in [6, 6.07) is 12.9. The molecule has 32 heavy (non-hydrogen) atoms. The fourth-order valence-electron chi connectivity index (χ4n) is 4.09. The number of ether oxygens (including phenoxy) is 2. The topological polar surface area (TPSA) is 76.2 Å². The van der Waals surface area contributed by atoms with Gasteiger partial charge in [0, 0.05) is 30.8 Å². The SMILES string of the molecule is COC(=O)c1ccc2c(c1)N(Cc1ccc(OC)cc1)CC1=C(C=CCC1=O)N2CC=O. The number of hydrogen-bond donors (Lipinski definition) is 0. The molecule has 0 saturated heterocycles. The molecule has 1 heterocycles. The van der Waals surface area contributed by atoms with Crippen molar-refractivity contribution >= 4 is 29.4 Å². The van der Waals surface area contributed by atoms with E-state index >= 15 is 0 Å². The quantitative estimate of drug-likeness (QED) is 0.512. The highest BCUT2D eigenvalue weighted by Crippen LogP contribution is 2.39. The van der Waals surface area contributed by atoms with E-state index in [1.807, 2.05) is 41.3 Å². The molecule has 0 bridgehead atoms. The van der Waals surface area contributed by atoms with Crippen molar-refractivity contribution in [3.63, 3.8) is 0 Å². The fraction of sp³-hybridized carbons (Fsp3) is 0.240. The van der Waals surface area contributed by atoms with Crippen LogP contribution in [0.2, 0.25) is 0 Å². The number of fused-ring (bicyclic) bond motifs is 1. The summed E-state index contributed by atoms with van der Waals surface area (Å²) >= 11 is 0. The predicted octanol–water partition coefficient (Wildman–Crippen LogP) is 3.29. The first-order chi connectivity index (χ1) is 15.5. The van der Waals surface area contributed by atoms with Gasteiger partial charge >= 0.3 is 5.97 Å². The van der Waals surface area contributed by atoms with Gasteiger partial charge in [-0.15, -0.1) is 0 Å². The van der Waals surface area contributed by atoms with Crippen LogP contribution >= 0.6 is 0 Å². The zero-order valence-electron chi connectivity index (χ0n) is 18.0. The molecule has 2 aliphatic rings. The lowest BCUT2D eigenvalue weighted by molar-refractivity contribution is -0.115. The Bertz CT molecular complexity index is 1120. The lowest BCUT2D eigenvalue weighted by atomic mass is 9.99. The van der Waals surface area contributed by atoms with E-state index in [1.54, 1.807) is 25.3 Å². The molecular formula is C25H24N2O5. The highest BCUT2D eigenvalue weighted by atomic mass is 16.5. The first-order valence-corrected chi connectivity index (χ1v) is 10.3. The van der Waals surface area contributed by atoms with Crippen LogP contribution in [0.5, 0.6) is 5.75 Å². The van der Waals surface area contributed by atoms with Crippen LogP contribution in [0.4, 0.5) is 11.4 Å². The molecule has 0 radical (unpaired) electrons. The summed E-state index contributed by atoms with van der Waals surface area (Å²) in [5.74, 6) is 0.337. The molecular weight excluding hydrogens is 408 g/mol. The van der Waals surface area contributed by atoms with Crippen LogP contribution in [-0.2, 0) is 20.9 Å². The third-order valence-corrected chi connectivity index (χ3v) is 5.68. The molecule has 0 saturated carbocycles. The van der Waals surface area contributed by atoms with E-state index in [0.29, 0.717) is 30.6 Å². The van der Waals surface area contributed by atoms with Crippen molar-refractivity contribution in [2.45, 2.75) is 13.0 Å². The number of allylic oxidation sites excluding steroid dienone is 2. The highest BCUT2D eigenvalue weighted by molar-refractivity contribution is 6.02. The van der Waals surface area contributed by atoms with Crippen LogP contribution in [0.3, 0.4) is 0 Å². The van der Waals surface area contributed by atoms with Gasteiger partial charge in [-0.05, 0) is 42.0 Å². The Hall–Kier alpha value is -3.87. The van der Waals surface area contributed by atoms with Gasteiger partial charge in [0.05, 0.1) is 37.7 Å². The van der Waals surface area contributed by atoms with Gasteiger partial charge in [0.1, 0.15) is 12.0 Å². The Morgan fingerprint density at radius 1 is 1.09 bits per heavy atom. The Morgan fingerprint density at radius 2 is 1.88 bits per heavy atom. The van der Waals surface area contributed by atoms with E-state index < -0.39 is 5.97 Å². The summed E-state index contributed by atoms with van der Waals surface area (Å²) in [6.07, 6.45) is 4.86. The van der Waals surface area contributed by atoms with Gasteiger partial charge in [0.2, 0.25) is 0 Å². The average molecular weight is 432 g/mol. The molecule has 2 aromatic carbocycles. The maximum Gasteiger partial charge on any atom is 0.337 e. The van der Waals surface area contributed by atoms with Gasteiger partial charge in [0.15, 0.2) is 5.78 Å². The predicted molar refractivity (Wildman–Crippen MR) is 121 cm³/mol. The van der Waals surface area contributed by atoms with Crippen LogP contribution in [0.25, 0.3) is 0 Å². The normalized spacial score (nSPS) is 15.1. The molecule has 1 aliphatic heterocycles. The minimum atomic E-state index is -0.447. The first kappa shape index (κ1) is 21.4. The molecule has 0 amide bonds. The maximum atomic E-state index is 12.8. The van der Waals surface area contributed by atoms with Crippen molar-refractivity contribution < 1.29 is 23.9 Å². The van der Waals surface area contributed by atoms with Gasteiger partial charge in [-0.1, -0.05) is 18.2 Å². The standard InChI is InChI=1S/C25H24N2O5/c1-31-19-9-6-17(7-10-19)15-26-16-20-21(4-3-5-24(20)29)27(12-13-28)22-11-8-18(14-23(22)26)25(30)32-2/h3-4,6-11,13-14H,5,12,15-16H2,1-2H3. The smallest absolute Gasteiger partial charge is 0.337 e. The highest BCUT2D eigenvalue weighted by Gasteiger charge is 2.31. The van der Waals surface area contributed by atoms with Crippen LogP contribution in [-0.4, -0.2) is 45.3 Å². The summed E-state index contributed by atoms with van der Waals surface area (Å²) in [6.45, 7) is 0.958. The maximum absolute atomic E-state index is 12.8. The van der Waals surface area contributed by atoms with Gasteiger partial charge in [-0.2, -0.15) is 0 Å². The molecule has 1 aliphatic carbocycles. The molecule has 0 N–H and O–H groups in total. The monoisotopic (exact) mass is 432 g/mol. The lowest BCUT2D eigenvalue weighted by Gasteiger charge is -2.28. The molecule has 7 heteroatoms. The lowest BCUT2D eigenvalue weighted by Crippen LogP contribution is -2.29. The van der Waals surface area contributed by atoms with E-state index in [-0.39, 0.29) is 12.3 Å². The van der Waals surface area contributed by atoms with E-state index in [4.69, 9.17) is 9.47 Å². The molecule has 0 fully saturated rings. The molecule has 4 rings (SSSR count). The Kier molecular flexibility index (Phi) is 6.07. The van der Waals surface area contributed by atoms with E-state index in [9.17, 15) is 14.4 Å². The summed E-state index contributed by atoms with van der Waals surface area (Å²) in [4.78, 5) is 40.5. The van der Waals surface area contributed by atoms with Crippen molar-refractivity contribution in [1.82, 2.24) is 0 Å². The average Bonchev–Trinajstić information content (AvgIpc) is 2.95. The third kappa shape index (κ3) is 4.01. The summed E-state index contributed by atoms with van der Waals surface area (Å²) in [7, 11) is 2.96. The molecule has 0 spiro atoms. The van der Waals surface area contributed by atoms with Crippen molar-refractivity contribution in [3.05, 3.63) is 77.0 Å². The number of carbonyl (C=O) groups is 3. The summed E-state index contributed by atoms with van der Waals surface area (Å²) in [5, 5.41) is 0. The molecule has 7 nitrogen and oxygen atoms in total. The van der Waals surface area contributed by atoms with E-state index in [1.165, 1.54) is 7.11 Å². The Balaban J connectivity index is 1.85. The number of methoxy groups -OCH3 is 2. The molecule has 0 atom stereocenters. The van der Waals surface area contributed by atoms with E-state index in [0.717, 1.165) is 34.7 Å². The molecule has 2 aromatic rings.